The van der Waals surface area contributed by atoms with Gasteiger partial charge in [0, 0.05) is 24.2 Å². The van der Waals surface area contributed by atoms with Crippen LogP contribution in [0.2, 0.25) is 5.28 Å². The molecular formula is C26H35ClN4O5. The summed E-state index contributed by atoms with van der Waals surface area (Å²) in [6.07, 6.45) is 3.15. The van der Waals surface area contributed by atoms with Crippen LogP contribution in [-0.4, -0.2) is 62.4 Å². The molecule has 2 aromatic rings. The van der Waals surface area contributed by atoms with Crippen LogP contribution in [0.1, 0.15) is 64.0 Å². The zero-order valence-corrected chi connectivity index (χ0v) is 21.5. The van der Waals surface area contributed by atoms with Crippen LogP contribution >= 0.6 is 11.6 Å². The molecule has 2 amide bonds. The van der Waals surface area contributed by atoms with E-state index in [1.54, 1.807) is 6.07 Å². The highest BCUT2D eigenvalue weighted by Gasteiger charge is 2.44. The second-order valence-electron chi connectivity index (χ2n) is 9.51. The fourth-order valence-corrected chi connectivity index (χ4v) is 4.68. The van der Waals surface area contributed by atoms with E-state index in [1.807, 2.05) is 44.2 Å². The molecule has 1 heterocycles. The largest absolute Gasteiger partial charge is 0.477 e. The minimum Gasteiger partial charge on any atom is -0.477 e. The first-order valence-corrected chi connectivity index (χ1v) is 12.8. The molecule has 0 bridgehead atoms. The number of ether oxygens (including phenoxy) is 1. The Morgan fingerprint density at radius 3 is 2.56 bits per heavy atom. The number of aliphatic hydroxyl groups excluding tert-OH is 1. The first-order chi connectivity index (χ1) is 17.2. The lowest BCUT2D eigenvalue weighted by Gasteiger charge is -2.46. The Morgan fingerprint density at radius 2 is 1.97 bits per heavy atom. The van der Waals surface area contributed by atoms with Gasteiger partial charge < -0.3 is 25.2 Å². The Labute approximate surface area is 216 Å². The number of halogens is 1. The molecule has 3 N–H and O–H groups in total. The summed E-state index contributed by atoms with van der Waals surface area (Å²) in [5.74, 6) is -0.270. The van der Waals surface area contributed by atoms with Crippen LogP contribution < -0.4 is 10.1 Å². The molecule has 3 rings (SSSR count). The van der Waals surface area contributed by atoms with Crippen LogP contribution in [0.5, 0.6) is 5.88 Å². The molecule has 0 radical (unpaired) electrons. The van der Waals surface area contributed by atoms with Gasteiger partial charge in [0.2, 0.25) is 11.2 Å². The van der Waals surface area contributed by atoms with Crippen molar-refractivity contribution in [2.75, 3.05) is 13.2 Å². The second kappa shape index (κ2) is 12.9. The smallest absolute Gasteiger partial charge is 0.407 e. The number of carbonyl (C=O) groups excluding carboxylic acids is 1. The Hall–Kier alpha value is -2.91. The van der Waals surface area contributed by atoms with Gasteiger partial charge in [-0.3, -0.25) is 4.79 Å². The topological polar surface area (TPSA) is 125 Å². The van der Waals surface area contributed by atoms with Gasteiger partial charge in [-0.1, -0.05) is 56.5 Å². The monoisotopic (exact) mass is 518 g/mol. The van der Waals surface area contributed by atoms with Crippen molar-refractivity contribution in [1.29, 1.82) is 0 Å². The van der Waals surface area contributed by atoms with Crippen molar-refractivity contribution >= 4 is 23.6 Å². The van der Waals surface area contributed by atoms with Gasteiger partial charge in [-0.15, -0.1) is 0 Å². The van der Waals surface area contributed by atoms with E-state index in [-0.39, 0.29) is 24.5 Å². The van der Waals surface area contributed by atoms with Gasteiger partial charge in [-0.2, -0.15) is 4.98 Å². The van der Waals surface area contributed by atoms with Crippen molar-refractivity contribution in [1.82, 2.24) is 20.2 Å². The Bertz CT molecular complexity index is 1000. The molecule has 1 aromatic carbocycles. The van der Waals surface area contributed by atoms with Gasteiger partial charge in [0.25, 0.3) is 5.91 Å². The minimum absolute atomic E-state index is 0.0702. The second-order valence-corrected chi connectivity index (χ2v) is 9.85. The minimum atomic E-state index is -1.50. The number of aromatic nitrogens is 2. The molecule has 0 saturated heterocycles. The Kier molecular flexibility index (Phi) is 9.89. The van der Waals surface area contributed by atoms with Crippen LogP contribution in [0, 0.1) is 5.41 Å². The summed E-state index contributed by atoms with van der Waals surface area (Å²) in [5.41, 5.74) is 0.460. The third kappa shape index (κ3) is 7.30. The molecule has 1 aliphatic carbocycles. The van der Waals surface area contributed by atoms with Gasteiger partial charge >= 0.3 is 6.09 Å². The molecule has 0 spiro atoms. The number of nitrogens with zero attached hydrogens (tertiary/aromatic N) is 3. The summed E-state index contributed by atoms with van der Waals surface area (Å²) in [6.45, 7) is 4.21. The van der Waals surface area contributed by atoms with Gasteiger partial charge in [0.15, 0.2) is 6.10 Å². The zero-order valence-electron chi connectivity index (χ0n) is 20.8. The fraction of sp³-hybridized carbons (Fsp3) is 0.538. The number of carbonyl (C=O) groups is 2. The molecule has 3 atom stereocenters. The predicted octanol–water partition coefficient (Wildman–Crippen LogP) is 4.46. The summed E-state index contributed by atoms with van der Waals surface area (Å²) < 4.78 is 5.85. The van der Waals surface area contributed by atoms with E-state index in [1.165, 1.54) is 11.1 Å². The van der Waals surface area contributed by atoms with Crippen molar-refractivity contribution in [2.24, 2.45) is 5.41 Å². The maximum absolute atomic E-state index is 13.0. The van der Waals surface area contributed by atoms with E-state index >= 15 is 0 Å². The molecule has 1 fully saturated rings. The van der Waals surface area contributed by atoms with E-state index in [4.69, 9.17) is 16.3 Å². The number of benzene rings is 1. The molecule has 9 nitrogen and oxygen atoms in total. The molecule has 1 aliphatic rings. The summed E-state index contributed by atoms with van der Waals surface area (Å²) in [4.78, 5) is 34.5. The SMILES string of the molecule is CCCC[C@@H](C(O)C(=O)NC(C)c1ccccc1)N(CC1(COc2ccnc(Cl)n2)CCC1)C(=O)O. The lowest BCUT2D eigenvalue weighted by molar-refractivity contribution is -0.134. The lowest BCUT2D eigenvalue weighted by Crippen LogP contribution is -2.57. The normalized spacial score (nSPS) is 16.8. The third-order valence-corrected chi connectivity index (χ3v) is 7.02. The zero-order chi connectivity index (χ0) is 26.1. The summed E-state index contributed by atoms with van der Waals surface area (Å²) in [6, 6.07) is 9.81. The molecule has 1 aromatic heterocycles. The van der Waals surface area contributed by atoms with E-state index in [9.17, 15) is 19.8 Å². The van der Waals surface area contributed by atoms with E-state index in [0.29, 0.717) is 18.7 Å². The highest BCUT2D eigenvalue weighted by Crippen LogP contribution is 2.42. The average Bonchev–Trinajstić information content (AvgIpc) is 2.84. The molecule has 10 heteroatoms. The van der Waals surface area contributed by atoms with E-state index in [0.717, 1.165) is 31.2 Å². The van der Waals surface area contributed by atoms with Crippen molar-refractivity contribution in [3.8, 4) is 5.88 Å². The quantitative estimate of drug-likeness (QED) is 0.334. The summed E-state index contributed by atoms with van der Waals surface area (Å²) in [7, 11) is 0. The van der Waals surface area contributed by atoms with Gasteiger partial charge in [-0.25, -0.2) is 9.78 Å². The molecular weight excluding hydrogens is 484 g/mol. The highest BCUT2D eigenvalue weighted by atomic mass is 35.5. The number of hydrogen-bond acceptors (Lipinski definition) is 6. The molecule has 1 saturated carbocycles. The first kappa shape index (κ1) is 27.7. The van der Waals surface area contributed by atoms with Crippen LogP contribution in [0.3, 0.4) is 0 Å². The number of hydrogen-bond donors (Lipinski definition) is 3. The average molecular weight is 519 g/mol. The van der Waals surface area contributed by atoms with Crippen molar-refractivity contribution in [3.05, 3.63) is 53.4 Å². The first-order valence-electron chi connectivity index (χ1n) is 12.4. The van der Waals surface area contributed by atoms with Gasteiger partial charge in [0.05, 0.1) is 18.7 Å². The van der Waals surface area contributed by atoms with E-state index < -0.39 is 29.6 Å². The van der Waals surface area contributed by atoms with Crippen LogP contribution in [0.4, 0.5) is 4.79 Å². The van der Waals surface area contributed by atoms with Crippen molar-refractivity contribution < 1.29 is 24.5 Å². The third-order valence-electron chi connectivity index (χ3n) is 6.84. The summed E-state index contributed by atoms with van der Waals surface area (Å²) >= 11 is 5.84. The molecule has 196 valence electrons. The van der Waals surface area contributed by atoms with E-state index in [2.05, 4.69) is 15.3 Å². The van der Waals surface area contributed by atoms with Crippen LogP contribution in [0.25, 0.3) is 0 Å². The number of aliphatic hydroxyl groups is 1. The van der Waals surface area contributed by atoms with Crippen molar-refractivity contribution in [3.63, 3.8) is 0 Å². The Balaban J connectivity index is 1.73. The maximum atomic E-state index is 13.0. The number of unbranched alkanes of at least 4 members (excludes halogenated alkanes) is 1. The van der Waals surface area contributed by atoms with Crippen molar-refractivity contribution in [2.45, 2.75) is 70.6 Å². The van der Waals surface area contributed by atoms with Crippen LogP contribution in [-0.2, 0) is 4.79 Å². The molecule has 0 aliphatic heterocycles. The summed E-state index contributed by atoms with van der Waals surface area (Å²) in [5, 5.41) is 24.1. The molecule has 2 unspecified atom stereocenters. The number of carboxylic acid groups (broad SMARTS) is 1. The maximum Gasteiger partial charge on any atom is 0.407 e. The molecule has 36 heavy (non-hydrogen) atoms. The van der Waals surface area contributed by atoms with Crippen LogP contribution in [0.15, 0.2) is 42.6 Å². The standard InChI is InChI=1S/C26H35ClN4O5/c1-3-4-11-20(22(32)23(33)29-18(2)19-9-6-5-7-10-19)31(25(34)35)16-26(13-8-14-26)17-36-21-12-15-28-24(27)30-21/h5-7,9-10,12,15,18,20,22,32H,3-4,8,11,13-14,16-17H2,1-2H3,(H,29,33)(H,34,35)/t18?,20-,22?/m0/s1. The predicted molar refractivity (Wildman–Crippen MR) is 136 cm³/mol. The van der Waals surface area contributed by atoms with Gasteiger partial charge in [-0.05, 0) is 43.4 Å². The van der Waals surface area contributed by atoms with Gasteiger partial charge in [0.1, 0.15) is 0 Å². The number of rotatable bonds is 13. The number of amides is 2. The Morgan fingerprint density at radius 1 is 1.25 bits per heavy atom. The fourth-order valence-electron chi connectivity index (χ4n) is 4.54. The number of nitrogens with one attached hydrogen (secondary N) is 1. The highest BCUT2D eigenvalue weighted by molar-refractivity contribution is 6.28. The lowest BCUT2D eigenvalue weighted by atomic mass is 9.68.